The number of thioether (sulfide) groups is 1. The molecule has 0 saturated carbocycles. The third kappa shape index (κ3) is 4.49. The molecule has 1 saturated heterocycles. The van der Waals surface area contributed by atoms with E-state index in [9.17, 15) is 13.2 Å². The van der Waals surface area contributed by atoms with E-state index in [0.717, 1.165) is 20.8 Å². The number of hydrogen-bond donors (Lipinski definition) is 1. The van der Waals surface area contributed by atoms with Crippen LogP contribution in [0.5, 0.6) is 0 Å². The number of anilines is 1. The molecule has 1 aliphatic heterocycles. The average Bonchev–Trinajstić information content (AvgIpc) is 3.24. The van der Waals surface area contributed by atoms with E-state index in [2.05, 4.69) is 15.3 Å². The minimum absolute atomic E-state index is 0.155. The number of carbonyl (C=O) groups is 1. The van der Waals surface area contributed by atoms with Gasteiger partial charge in [-0.15, -0.1) is 11.3 Å². The number of fused-ring (bicyclic) bond motifs is 1. The summed E-state index contributed by atoms with van der Waals surface area (Å²) in [7, 11) is -3.63. The predicted molar refractivity (Wildman–Crippen MR) is 118 cm³/mol. The van der Waals surface area contributed by atoms with Gasteiger partial charge in [-0.1, -0.05) is 17.8 Å². The highest BCUT2D eigenvalue weighted by Gasteiger charge is 2.27. The van der Waals surface area contributed by atoms with E-state index in [1.807, 2.05) is 18.4 Å². The Morgan fingerprint density at radius 3 is 2.87 bits per heavy atom. The minimum atomic E-state index is -3.63. The van der Waals surface area contributed by atoms with Crippen LogP contribution in [0.2, 0.25) is 0 Å². The van der Waals surface area contributed by atoms with Crippen molar-refractivity contribution in [3.05, 3.63) is 41.5 Å². The summed E-state index contributed by atoms with van der Waals surface area (Å²) in [6, 6.07) is 6.73. The smallest absolute Gasteiger partial charge is 0.243 e. The van der Waals surface area contributed by atoms with Gasteiger partial charge < -0.3 is 10.1 Å². The number of morpholine rings is 1. The highest BCUT2D eigenvalue weighted by molar-refractivity contribution is 8.00. The molecule has 4 rings (SSSR count). The average molecular weight is 465 g/mol. The number of rotatable bonds is 6. The summed E-state index contributed by atoms with van der Waals surface area (Å²) in [5, 5.41) is 6.44. The van der Waals surface area contributed by atoms with E-state index in [0.29, 0.717) is 32.0 Å². The van der Waals surface area contributed by atoms with Crippen LogP contribution in [0, 0.1) is 6.92 Å². The maximum Gasteiger partial charge on any atom is 0.243 e. The van der Waals surface area contributed by atoms with E-state index in [1.165, 1.54) is 39.8 Å². The SMILES string of the molecule is Cc1ccc(S(=O)(=O)N2CCOCC2)cc1NC(=O)CSc1ncnc2sccc12. The second-order valence-corrected chi connectivity index (χ2v) is 10.4. The number of sulfonamides is 1. The zero-order valence-corrected chi connectivity index (χ0v) is 18.6. The third-order valence-electron chi connectivity index (χ3n) is 4.66. The van der Waals surface area contributed by atoms with Crippen molar-refractivity contribution < 1.29 is 17.9 Å². The molecule has 11 heteroatoms. The van der Waals surface area contributed by atoms with Crippen LogP contribution in [0.25, 0.3) is 10.2 Å². The Morgan fingerprint density at radius 1 is 1.27 bits per heavy atom. The summed E-state index contributed by atoms with van der Waals surface area (Å²) in [4.78, 5) is 22.0. The van der Waals surface area contributed by atoms with E-state index in [4.69, 9.17) is 4.74 Å². The molecule has 1 aromatic carbocycles. The van der Waals surface area contributed by atoms with Crippen LogP contribution in [-0.2, 0) is 19.6 Å². The highest BCUT2D eigenvalue weighted by atomic mass is 32.2. The van der Waals surface area contributed by atoms with Gasteiger partial charge in [0.25, 0.3) is 0 Å². The molecule has 1 aliphatic rings. The van der Waals surface area contributed by atoms with E-state index in [1.54, 1.807) is 12.1 Å². The first-order valence-corrected chi connectivity index (χ1v) is 12.5. The van der Waals surface area contributed by atoms with Gasteiger partial charge in [0.2, 0.25) is 15.9 Å². The fourth-order valence-electron chi connectivity index (χ4n) is 3.03. The van der Waals surface area contributed by atoms with Gasteiger partial charge in [0.15, 0.2) is 0 Å². The molecule has 0 atom stereocenters. The molecule has 0 aliphatic carbocycles. The number of aromatic nitrogens is 2. The Hall–Kier alpha value is -2.05. The van der Waals surface area contributed by atoms with Crippen molar-refractivity contribution >= 4 is 54.9 Å². The van der Waals surface area contributed by atoms with E-state index >= 15 is 0 Å². The van der Waals surface area contributed by atoms with Crippen molar-refractivity contribution in [1.29, 1.82) is 0 Å². The second-order valence-electron chi connectivity index (χ2n) is 6.65. The predicted octanol–water partition coefficient (Wildman–Crippen LogP) is 2.75. The monoisotopic (exact) mass is 464 g/mol. The fraction of sp³-hybridized carbons (Fsp3) is 0.316. The Labute approximate surface area is 182 Å². The molecule has 3 heterocycles. The number of carbonyl (C=O) groups excluding carboxylic acids is 1. The van der Waals surface area contributed by atoms with Crippen LogP contribution in [0.3, 0.4) is 0 Å². The van der Waals surface area contributed by atoms with Gasteiger partial charge in [0.05, 0.1) is 23.9 Å². The lowest BCUT2D eigenvalue weighted by atomic mass is 10.2. The molecule has 3 aromatic rings. The summed E-state index contributed by atoms with van der Waals surface area (Å²) < 4.78 is 32.4. The largest absolute Gasteiger partial charge is 0.379 e. The first-order chi connectivity index (χ1) is 14.4. The third-order valence-corrected chi connectivity index (χ3v) is 8.38. The summed E-state index contributed by atoms with van der Waals surface area (Å²) in [6.45, 7) is 3.24. The summed E-state index contributed by atoms with van der Waals surface area (Å²) >= 11 is 2.85. The van der Waals surface area contributed by atoms with Crippen molar-refractivity contribution in [2.24, 2.45) is 0 Å². The number of hydrogen-bond acceptors (Lipinski definition) is 8. The molecule has 158 valence electrons. The number of nitrogens with one attached hydrogen (secondary N) is 1. The van der Waals surface area contributed by atoms with Crippen molar-refractivity contribution in [2.75, 3.05) is 37.4 Å². The lowest BCUT2D eigenvalue weighted by Crippen LogP contribution is -2.40. The molecule has 1 N–H and O–H groups in total. The molecule has 0 spiro atoms. The zero-order chi connectivity index (χ0) is 21.1. The number of ether oxygens (including phenoxy) is 1. The molecule has 1 fully saturated rings. The number of amides is 1. The zero-order valence-electron chi connectivity index (χ0n) is 16.2. The van der Waals surface area contributed by atoms with Gasteiger partial charge in [-0.05, 0) is 36.1 Å². The minimum Gasteiger partial charge on any atom is -0.379 e. The highest BCUT2D eigenvalue weighted by Crippen LogP contribution is 2.28. The number of aryl methyl sites for hydroxylation is 1. The molecular weight excluding hydrogens is 444 g/mol. The Kier molecular flexibility index (Phi) is 6.34. The molecule has 8 nitrogen and oxygen atoms in total. The Balaban J connectivity index is 1.46. The normalized spacial score (nSPS) is 15.4. The van der Waals surface area contributed by atoms with Gasteiger partial charge in [-0.25, -0.2) is 18.4 Å². The molecule has 0 radical (unpaired) electrons. The van der Waals surface area contributed by atoms with Crippen LogP contribution in [0.1, 0.15) is 5.56 Å². The fourth-order valence-corrected chi connectivity index (χ4v) is 6.05. The summed E-state index contributed by atoms with van der Waals surface area (Å²) in [5.41, 5.74) is 1.27. The molecule has 30 heavy (non-hydrogen) atoms. The maximum absolute atomic E-state index is 12.9. The number of thiophene rings is 1. The van der Waals surface area contributed by atoms with Crippen LogP contribution in [0.15, 0.2) is 45.9 Å². The van der Waals surface area contributed by atoms with Crippen molar-refractivity contribution in [3.63, 3.8) is 0 Å². The maximum atomic E-state index is 12.9. The van der Waals surface area contributed by atoms with Crippen LogP contribution in [-0.4, -0.2) is 60.7 Å². The topological polar surface area (TPSA) is 101 Å². The van der Waals surface area contributed by atoms with E-state index < -0.39 is 10.0 Å². The Morgan fingerprint density at radius 2 is 2.07 bits per heavy atom. The van der Waals surface area contributed by atoms with Crippen LogP contribution in [0.4, 0.5) is 5.69 Å². The first-order valence-electron chi connectivity index (χ1n) is 9.24. The van der Waals surface area contributed by atoms with Crippen molar-refractivity contribution in [1.82, 2.24) is 14.3 Å². The first kappa shape index (κ1) is 21.2. The molecule has 1 amide bonds. The van der Waals surface area contributed by atoms with Crippen LogP contribution >= 0.6 is 23.1 Å². The molecular formula is C19H20N4O4S3. The second kappa shape index (κ2) is 8.98. The van der Waals surface area contributed by atoms with Gasteiger partial charge in [0, 0.05) is 24.2 Å². The summed E-state index contributed by atoms with van der Waals surface area (Å²) in [6.07, 6.45) is 1.49. The number of nitrogens with zero attached hydrogens (tertiary/aromatic N) is 3. The van der Waals surface area contributed by atoms with Gasteiger partial charge in [0.1, 0.15) is 16.2 Å². The summed E-state index contributed by atoms with van der Waals surface area (Å²) in [5.74, 6) is -0.0759. The standard InChI is InChI=1S/C19H20N4O4S3/c1-13-2-3-14(30(25,26)23-5-7-27-8-6-23)10-16(13)22-17(24)11-29-19-15-4-9-28-18(15)20-12-21-19/h2-4,9-10,12H,5-8,11H2,1H3,(H,22,24). The quantitative estimate of drug-likeness (QED) is 0.442. The molecule has 0 bridgehead atoms. The van der Waals surface area contributed by atoms with Gasteiger partial charge in [-0.2, -0.15) is 4.31 Å². The lowest BCUT2D eigenvalue weighted by Gasteiger charge is -2.26. The van der Waals surface area contributed by atoms with E-state index in [-0.39, 0.29) is 16.6 Å². The lowest BCUT2D eigenvalue weighted by molar-refractivity contribution is -0.113. The molecule has 0 unspecified atom stereocenters. The number of benzene rings is 1. The van der Waals surface area contributed by atoms with Gasteiger partial charge in [-0.3, -0.25) is 4.79 Å². The van der Waals surface area contributed by atoms with Crippen molar-refractivity contribution in [3.8, 4) is 0 Å². The Bertz CT molecular complexity index is 1170. The molecule has 2 aromatic heterocycles. The van der Waals surface area contributed by atoms with Gasteiger partial charge >= 0.3 is 0 Å². The van der Waals surface area contributed by atoms with Crippen LogP contribution < -0.4 is 5.32 Å². The van der Waals surface area contributed by atoms with Crippen molar-refractivity contribution in [2.45, 2.75) is 16.8 Å².